The van der Waals surface area contributed by atoms with Crippen LogP contribution in [0.1, 0.15) is 69.2 Å². The number of rotatable bonds is 2. The Hall–Kier alpha value is 0.913. The standard InChI is InChI=1S/2C10H15.C7H19Si2.Yb/c2*1-6-7(2)9(4)10(5)8(6)3;1-8(2,3)7-9(4,5)6;/h2*1-5H3;7H,1-6H3;/q;;-1;. The Balaban J connectivity index is 0. The van der Waals surface area contributed by atoms with E-state index in [0.717, 1.165) is 0 Å². The zero-order valence-corrected chi connectivity index (χ0v) is 26.6. The number of allylic oxidation sites excluding steroid dienone is 8. The maximum Gasteiger partial charge on any atom is 0.0226 e. The normalized spacial score (nSPS) is 18.4. The van der Waals surface area contributed by atoms with Gasteiger partial charge in [-0.05, 0) is 77.7 Å². The molecule has 0 aromatic rings. The van der Waals surface area contributed by atoms with Gasteiger partial charge in [-0.15, -0.1) is 16.1 Å². The molecule has 2 aliphatic rings. The fraction of sp³-hybridized carbons (Fsp3) is 0.593. The first-order chi connectivity index (χ1) is 12.8. The van der Waals surface area contributed by atoms with Gasteiger partial charge in [0.15, 0.2) is 0 Å². The minimum absolute atomic E-state index is 0. The second-order valence-electron chi connectivity index (χ2n) is 11.1. The number of hydrogen-bond acceptors (Lipinski definition) is 0. The van der Waals surface area contributed by atoms with Crippen molar-refractivity contribution < 1.29 is 46.9 Å². The van der Waals surface area contributed by atoms with Crippen molar-refractivity contribution in [1.82, 2.24) is 0 Å². The topological polar surface area (TPSA) is 0 Å². The quantitative estimate of drug-likeness (QED) is 0.218. The van der Waals surface area contributed by atoms with Gasteiger partial charge in [0, 0.05) is 58.8 Å². The summed E-state index contributed by atoms with van der Waals surface area (Å²) in [5.41, 5.74) is 14.4. The van der Waals surface area contributed by atoms with Crippen molar-refractivity contribution >= 4 is 16.1 Å². The van der Waals surface area contributed by atoms with E-state index in [1.54, 1.807) is 0 Å². The largest absolute Gasteiger partial charge is 0.327 e. The first-order valence-corrected chi connectivity index (χ1v) is 18.2. The molecule has 0 aliphatic heterocycles. The van der Waals surface area contributed by atoms with Gasteiger partial charge in [0.05, 0.1) is 0 Å². The van der Waals surface area contributed by atoms with Crippen LogP contribution in [0.25, 0.3) is 0 Å². The van der Waals surface area contributed by atoms with Crippen LogP contribution in [0.2, 0.25) is 39.3 Å². The van der Waals surface area contributed by atoms with Crippen LogP contribution >= 0.6 is 0 Å². The minimum atomic E-state index is -0.856. The molecule has 3 heteroatoms. The van der Waals surface area contributed by atoms with Crippen LogP contribution in [0.4, 0.5) is 0 Å². The van der Waals surface area contributed by atoms with E-state index in [9.17, 15) is 0 Å². The zero-order chi connectivity index (χ0) is 23.5. The fourth-order valence-electron chi connectivity index (χ4n) is 4.11. The predicted octanol–water partition coefficient (Wildman–Crippen LogP) is 9.48. The van der Waals surface area contributed by atoms with Crippen molar-refractivity contribution in [3.63, 3.8) is 0 Å². The van der Waals surface area contributed by atoms with Crippen molar-refractivity contribution in [2.45, 2.75) is 109 Å². The van der Waals surface area contributed by atoms with Crippen molar-refractivity contribution in [3.05, 3.63) is 62.1 Å². The predicted molar refractivity (Wildman–Crippen MR) is 142 cm³/mol. The molecule has 2 radical (unpaired) electrons. The van der Waals surface area contributed by atoms with Crippen LogP contribution in [0, 0.1) is 64.4 Å². The molecule has 0 bridgehead atoms. The Labute approximate surface area is 231 Å². The average Bonchev–Trinajstić information content (AvgIpc) is 2.83. The molecule has 0 spiro atoms. The molecular weight excluding hydrogens is 554 g/mol. The Morgan fingerprint density at radius 1 is 0.367 bits per heavy atom. The van der Waals surface area contributed by atoms with E-state index in [1.807, 2.05) is 0 Å². The number of hydrogen-bond donors (Lipinski definition) is 0. The van der Waals surface area contributed by atoms with Crippen LogP contribution in [-0.2, 0) is 0 Å². The maximum absolute atomic E-state index is 2.65. The van der Waals surface area contributed by atoms with E-state index in [2.05, 4.69) is 114 Å². The van der Waals surface area contributed by atoms with Gasteiger partial charge in [-0.3, -0.25) is 0 Å². The van der Waals surface area contributed by atoms with Gasteiger partial charge in [0.25, 0.3) is 0 Å². The van der Waals surface area contributed by atoms with E-state index in [0.29, 0.717) is 0 Å². The molecule has 0 atom stereocenters. The van der Waals surface area contributed by atoms with Gasteiger partial charge in [0.2, 0.25) is 0 Å². The second-order valence-corrected chi connectivity index (χ2v) is 21.7. The first kappa shape index (κ1) is 33.1. The maximum atomic E-state index is 2.65. The van der Waals surface area contributed by atoms with Gasteiger partial charge < -0.3 is 5.67 Å². The Kier molecular flexibility index (Phi) is 14.3. The zero-order valence-electron chi connectivity index (χ0n) is 22.8. The summed E-state index contributed by atoms with van der Waals surface area (Å²) in [6.07, 6.45) is 0. The van der Waals surface area contributed by atoms with Gasteiger partial charge >= 0.3 is 0 Å². The molecule has 0 saturated carbocycles. The van der Waals surface area contributed by atoms with Gasteiger partial charge in [-0.1, -0.05) is 75.4 Å². The summed E-state index contributed by atoms with van der Waals surface area (Å²) in [6, 6.07) is 0. The molecule has 0 saturated heterocycles. The molecule has 180 valence electrons. The minimum Gasteiger partial charge on any atom is -0.327 e. The van der Waals surface area contributed by atoms with Crippen LogP contribution in [0.5, 0.6) is 0 Å². The molecule has 0 aromatic carbocycles. The summed E-state index contributed by atoms with van der Waals surface area (Å²) < 4.78 is 0. The molecule has 0 N–H and O–H groups in total. The average molecular weight is 603 g/mol. The van der Waals surface area contributed by atoms with Crippen LogP contribution in [0.15, 0.2) is 44.6 Å². The van der Waals surface area contributed by atoms with E-state index in [-0.39, 0.29) is 46.9 Å². The molecule has 2 aliphatic carbocycles. The second kappa shape index (κ2) is 13.0. The fourth-order valence-corrected chi connectivity index (χ4v) is 14.5. The molecule has 0 heterocycles. The molecule has 0 nitrogen and oxygen atoms in total. The smallest absolute Gasteiger partial charge is 0.0226 e. The Morgan fingerprint density at radius 2 is 0.533 bits per heavy atom. The third kappa shape index (κ3) is 10.2. The molecule has 30 heavy (non-hydrogen) atoms. The summed E-state index contributed by atoms with van der Waals surface area (Å²) >= 11 is 0. The van der Waals surface area contributed by atoms with Crippen molar-refractivity contribution in [2.75, 3.05) is 0 Å². The summed E-state index contributed by atoms with van der Waals surface area (Å²) in [5.74, 6) is 2.94. The van der Waals surface area contributed by atoms with Crippen molar-refractivity contribution in [2.24, 2.45) is 0 Å². The van der Waals surface area contributed by atoms with E-state index < -0.39 is 16.1 Å². The van der Waals surface area contributed by atoms with Gasteiger partial charge in [-0.2, -0.15) is 0 Å². The van der Waals surface area contributed by atoms with Crippen molar-refractivity contribution in [3.8, 4) is 0 Å². The van der Waals surface area contributed by atoms with E-state index in [4.69, 9.17) is 0 Å². The van der Waals surface area contributed by atoms with E-state index in [1.165, 1.54) is 56.4 Å². The molecule has 2 rings (SSSR count). The molecular formula is C27H49Si2Yb-. The van der Waals surface area contributed by atoms with Crippen molar-refractivity contribution in [1.29, 1.82) is 0 Å². The Bertz CT molecular complexity index is 609. The summed E-state index contributed by atoms with van der Waals surface area (Å²) in [5, 5.41) is 0. The van der Waals surface area contributed by atoms with Gasteiger partial charge in [0.1, 0.15) is 0 Å². The SMILES string of the molecule is C[C]1C(C)=C(C)C(C)=C1C.C[C]1C(C)=C(C)C(C)=C1C.C[Si](C)(C)[CH-][Si](C)(C)C.[Yb]. The molecule has 0 unspecified atom stereocenters. The van der Waals surface area contributed by atoms with E-state index >= 15 is 0 Å². The summed E-state index contributed by atoms with van der Waals surface area (Å²) in [6.45, 7) is 36.4. The monoisotopic (exact) mass is 603 g/mol. The van der Waals surface area contributed by atoms with Gasteiger partial charge in [-0.25, -0.2) is 0 Å². The molecule has 0 fully saturated rings. The van der Waals surface area contributed by atoms with Crippen LogP contribution < -0.4 is 0 Å². The third-order valence-corrected chi connectivity index (χ3v) is 13.4. The molecule has 0 amide bonds. The van der Waals surface area contributed by atoms with Crippen LogP contribution in [-0.4, -0.2) is 16.1 Å². The first-order valence-electron chi connectivity index (χ1n) is 11.1. The Morgan fingerprint density at radius 3 is 0.567 bits per heavy atom. The summed E-state index contributed by atoms with van der Waals surface area (Å²) in [4.78, 5) is 0. The van der Waals surface area contributed by atoms with Crippen LogP contribution in [0.3, 0.4) is 0 Å². The molecule has 0 aromatic heterocycles. The third-order valence-electron chi connectivity index (χ3n) is 6.49. The summed E-state index contributed by atoms with van der Waals surface area (Å²) in [7, 11) is -1.71.